The van der Waals surface area contributed by atoms with E-state index in [1.165, 1.54) is 6.08 Å². The van der Waals surface area contributed by atoms with Crippen LogP contribution in [0.15, 0.2) is 17.8 Å². The zero-order chi connectivity index (χ0) is 18.5. The first kappa shape index (κ1) is 21.3. The molecule has 0 aromatic heterocycles. The third kappa shape index (κ3) is 6.31. The van der Waals surface area contributed by atoms with Crippen molar-refractivity contribution in [3.8, 4) is 0 Å². The number of thioether (sulfide) groups is 1. The highest BCUT2D eigenvalue weighted by atomic mass is 32.2. The molecule has 6 N–H and O–H groups in total. The number of hydrogen-bond donors (Lipinski definition) is 6. The molecule has 140 valence electrons. The number of aliphatic hydroxyl groups is 5. The van der Waals surface area contributed by atoms with Crippen LogP contribution in [0, 0.1) is 0 Å². The van der Waals surface area contributed by atoms with Crippen LogP contribution in [0.1, 0.15) is 6.42 Å². The molecule has 1 rings (SSSR count). The Kier molecular flexibility index (Phi) is 8.11. The Morgan fingerprint density at radius 2 is 2.00 bits per heavy atom. The van der Waals surface area contributed by atoms with E-state index in [0.717, 1.165) is 0 Å². The second-order valence-corrected chi connectivity index (χ2v) is 7.45. The second-order valence-electron chi connectivity index (χ2n) is 4.96. The Balaban J connectivity index is 2.92. The van der Waals surface area contributed by atoms with Crippen molar-refractivity contribution in [2.75, 3.05) is 6.61 Å². The molecule has 0 amide bonds. The molecule has 1 saturated heterocycles. The van der Waals surface area contributed by atoms with Crippen LogP contribution >= 0.6 is 11.8 Å². The molecule has 0 aliphatic carbocycles. The van der Waals surface area contributed by atoms with Crippen LogP contribution < -0.4 is 0 Å². The maximum Gasteiger partial charge on any atom is 0.261 e. The third-order valence-electron chi connectivity index (χ3n) is 3.01. The van der Waals surface area contributed by atoms with Crippen LogP contribution in [0.2, 0.25) is 0 Å². The summed E-state index contributed by atoms with van der Waals surface area (Å²) in [5.74, 6) is 2.83. The molecule has 0 aromatic carbocycles. The number of rotatable bonds is 7. The van der Waals surface area contributed by atoms with Crippen molar-refractivity contribution in [1.82, 2.24) is 0 Å². The number of hydrogen-bond acceptors (Lipinski definition) is 10. The summed E-state index contributed by atoms with van der Waals surface area (Å²) >= 11 is 0.681. The lowest BCUT2D eigenvalue weighted by Gasteiger charge is -2.39. The normalized spacial score (nSPS) is 35.1. The van der Waals surface area contributed by atoms with Crippen LogP contribution in [0.25, 0.3) is 0 Å². The third-order valence-corrected chi connectivity index (χ3v) is 4.46. The first-order valence-electron chi connectivity index (χ1n) is 6.72. The zero-order valence-corrected chi connectivity index (χ0v) is 14.2. The Morgan fingerprint density at radius 1 is 1.38 bits per heavy atom. The van der Waals surface area contributed by atoms with Gasteiger partial charge in [0, 0.05) is 12.3 Å². The number of aliphatic hydroxyl groups excluding tert-OH is 5. The molecule has 1 aliphatic rings. The van der Waals surface area contributed by atoms with Crippen LogP contribution in [-0.2, 0) is 19.1 Å². The minimum Gasteiger partial charge on any atom is -0.394 e. The van der Waals surface area contributed by atoms with Gasteiger partial charge in [-0.15, -0.1) is 6.58 Å². The van der Waals surface area contributed by atoms with Gasteiger partial charge in [0.05, 0.1) is 12.7 Å². The highest BCUT2D eigenvalue weighted by Crippen LogP contribution is 2.30. The van der Waals surface area contributed by atoms with E-state index in [1.807, 2.05) is 0 Å². The van der Waals surface area contributed by atoms with E-state index in [-0.39, 0.29) is 11.5 Å². The number of ether oxygens (including phenoxy) is 1. The van der Waals surface area contributed by atoms with Crippen molar-refractivity contribution >= 4 is 32.8 Å². The second kappa shape index (κ2) is 9.12. The van der Waals surface area contributed by atoms with Crippen molar-refractivity contribution in [1.29, 1.82) is 0 Å². The summed E-state index contributed by atoms with van der Waals surface area (Å²) in [5.41, 5.74) is -1.18. The van der Waals surface area contributed by atoms with Gasteiger partial charge in [0.25, 0.3) is 10.1 Å². The van der Waals surface area contributed by atoms with Crippen molar-refractivity contribution in [2.45, 2.75) is 42.4 Å². The average molecular weight is 387 g/mol. The van der Waals surface area contributed by atoms with Crippen LogP contribution in [-0.4, -0.2) is 87.8 Å². The van der Waals surface area contributed by atoms with Gasteiger partial charge in [-0.25, -0.2) is 0 Å². The molecule has 1 aliphatic heterocycles. The predicted octanol–water partition coefficient (Wildman–Crippen LogP) is -2.11. The molecule has 1 heterocycles. The summed E-state index contributed by atoms with van der Waals surface area (Å²) in [7, 11) is -3.89. The Morgan fingerprint density at radius 3 is 2.50 bits per heavy atom. The van der Waals surface area contributed by atoms with E-state index in [1.54, 1.807) is 0 Å². The van der Waals surface area contributed by atoms with Crippen LogP contribution in [0.4, 0.5) is 0 Å². The van der Waals surface area contributed by atoms with Gasteiger partial charge in [-0.05, 0) is 0 Å². The highest BCUT2D eigenvalue weighted by molar-refractivity contribution is 8.14. The van der Waals surface area contributed by atoms with Gasteiger partial charge in [-0.1, -0.05) is 23.0 Å². The fraction of sp³-hybridized carbons (Fsp3) is 0.667. The topological polar surface area (TPSA) is 169 Å². The fourth-order valence-corrected chi connectivity index (χ4v) is 3.14. The number of nitrogens with zero attached hydrogens (tertiary/aromatic N) is 1. The minimum absolute atomic E-state index is 0.0582. The smallest absolute Gasteiger partial charge is 0.261 e. The summed E-state index contributed by atoms with van der Waals surface area (Å²) < 4.78 is 29.6. The molecule has 7 atom stereocenters. The monoisotopic (exact) mass is 387 g/mol. The standard InChI is InChI=1S/C12H21NO9S2/c1-3-6(15)4-8(13-22-24(2,19)20)23-12-11(18)10(17)9(16)7(5-14)21-12/h3,6-7,9-12,14-18H,1-2,4-5H2,(H,19,20)/b13-8+/t6-,7?,9+,10-,11?,12-/m0/s1. The lowest BCUT2D eigenvalue weighted by Crippen LogP contribution is -2.57. The molecule has 12 heteroatoms. The van der Waals surface area contributed by atoms with Gasteiger partial charge in [0.2, 0.25) is 0 Å². The van der Waals surface area contributed by atoms with Gasteiger partial charge < -0.3 is 30.3 Å². The summed E-state index contributed by atoms with van der Waals surface area (Å²) in [6.45, 7) is 2.76. The van der Waals surface area contributed by atoms with Gasteiger partial charge in [0.1, 0.15) is 34.9 Å². The zero-order valence-electron chi connectivity index (χ0n) is 12.5. The Bertz CT molecular complexity index is 551. The minimum atomic E-state index is -3.89. The fourth-order valence-electron chi connectivity index (χ4n) is 1.77. The largest absolute Gasteiger partial charge is 0.394 e. The van der Waals surface area contributed by atoms with Crippen molar-refractivity contribution in [3.05, 3.63) is 12.7 Å². The van der Waals surface area contributed by atoms with E-state index < -0.39 is 52.6 Å². The van der Waals surface area contributed by atoms with Gasteiger partial charge in [0.15, 0.2) is 0 Å². The first-order chi connectivity index (χ1) is 11.1. The van der Waals surface area contributed by atoms with Crippen LogP contribution in [0.3, 0.4) is 0 Å². The van der Waals surface area contributed by atoms with Gasteiger partial charge in [-0.3, -0.25) is 8.84 Å². The van der Waals surface area contributed by atoms with Crippen LogP contribution in [0.5, 0.6) is 0 Å². The van der Waals surface area contributed by atoms with Crippen molar-refractivity contribution in [2.24, 2.45) is 5.16 Å². The van der Waals surface area contributed by atoms with Crippen molar-refractivity contribution in [3.63, 3.8) is 0 Å². The van der Waals surface area contributed by atoms with E-state index in [2.05, 4.69) is 21.9 Å². The van der Waals surface area contributed by atoms with E-state index in [4.69, 9.17) is 14.4 Å². The lowest BCUT2D eigenvalue weighted by atomic mass is 10.0. The van der Waals surface area contributed by atoms with Crippen molar-refractivity contribution < 1.29 is 43.3 Å². The molecule has 0 spiro atoms. The maximum absolute atomic E-state index is 11.0. The molecule has 0 saturated carbocycles. The predicted molar refractivity (Wildman–Crippen MR) is 88.6 cm³/mol. The first-order valence-corrected chi connectivity index (χ1v) is 9.20. The Labute approximate surface area is 143 Å². The molecule has 10 nitrogen and oxygen atoms in total. The summed E-state index contributed by atoms with van der Waals surface area (Å²) in [5, 5.41) is 51.5. The van der Waals surface area contributed by atoms with E-state index in [0.29, 0.717) is 11.8 Å². The quantitative estimate of drug-likeness (QED) is 0.0934. The van der Waals surface area contributed by atoms with Gasteiger partial charge in [-0.2, -0.15) is 4.21 Å². The lowest BCUT2D eigenvalue weighted by molar-refractivity contribution is -0.205. The molecule has 3 unspecified atom stereocenters. The molecular weight excluding hydrogens is 366 g/mol. The molecule has 0 radical (unpaired) electrons. The summed E-state index contributed by atoms with van der Waals surface area (Å²) in [4.78, 5) is 0. The number of oxime groups is 1. The summed E-state index contributed by atoms with van der Waals surface area (Å²) in [6.07, 6.45) is -5.84. The highest BCUT2D eigenvalue weighted by Gasteiger charge is 2.44. The molecule has 24 heavy (non-hydrogen) atoms. The summed E-state index contributed by atoms with van der Waals surface area (Å²) in [6, 6.07) is 0. The molecule has 0 aromatic rings. The SMILES string of the molecule is C=C[C@H](O)C/C(=N\OS(=C)(=O)O)S[C@@H]1OC(CO)[C@@H](O)[C@H](O)C1O. The Hall–Kier alpha value is -0.700. The molecular formula is C12H21NO9S2. The average Bonchev–Trinajstić information content (AvgIpc) is 2.52. The van der Waals surface area contributed by atoms with E-state index >= 15 is 0 Å². The maximum atomic E-state index is 11.0. The van der Waals surface area contributed by atoms with Gasteiger partial charge >= 0.3 is 0 Å². The van der Waals surface area contributed by atoms with E-state index in [9.17, 15) is 24.6 Å². The molecule has 0 bridgehead atoms. The molecule has 1 fully saturated rings.